The van der Waals surface area contributed by atoms with Gasteiger partial charge in [-0.1, -0.05) is 12.8 Å². The molecule has 0 unspecified atom stereocenters. The number of hydrogen-bond donors (Lipinski definition) is 4. The smallest absolute Gasteiger partial charge is 0.408 e. The molecule has 2 fully saturated rings. The average molecular weight is 512 g/mol. The molecule has 0 aliphatic carbocycles. The largest absolute Gasteiger partial charge is 0.444 e. The van der Waals surface area contributed by atoms with Crippen molar-refractivity contribution < 1.29 is 28.3 Å². The summed E-state index contributed by atoms with van der Waals surface area (Å²) in [6.07, 6.45) is 3.31. The van der Waals surface area contributed by atoms with Crippen LogP contribution in [0.5, 0.6) is 0 Å². The van der Waals surface area contributed by atoms with Crippen LogP contribution in [0.3, 0.4) is 0 Å². The lowest BCUT2D eigenvalue weighted by Crippen LogP contribution is -2.56. The molecule has 2 aliphatic rings. The minimum Gasteiger partial charge on any atom is -0.444 e. The number of hydrogen-bond acceptors (Lipinski definition) is 6. The minimum atomic E-state index is -1.75. The van der Waals surface area contributed by atoms with E-state index in [1.165, 1.54) is 13.8 Å². The summed E-state index contributed by atoms with van der Waals surface area (Å²) >= 11 is 0. The van der Waals surface area contributed by atoms with Crippen LogP contribution >= 0.6 is 0 Å². The maximum atomic E-state index is 14.6. The molecule has 0 aromatic rings. The van der Waals surface area contributed by atoms with Crippen LogP contribution in [0.4, 0.5) is 9.18 Å². The highest BCUT2D eigenvalue weighted by atomic mass is 19.1. The highest BCUT2D eigenvalue weighted by Gasteiger charge is 2.38. The van der Waals surface area contributed by atoms with E-state index in [2.05, 4.69) is 26.3 Å². The predicted octanol–water partition coefficient (Wildman–Crippen LogP) is 2.01. The zero-order valence-electron chi connectivity index (χ0n) is 22.3. The third-order valence-corrected chi connectivity index (χ3v) is 6.26. The molecule has 4 N–H and O–H groups in total. The molecule has 5 atom stereocenters. The Kier molecular flexibility index (Phi) is 10.2. The van der Waals surface area contributed by atoms with Crippen molar-refractivity contribution in [1.82, 2.24) is 21.3 Å². The highest BCUT2D eigenvalue weighted by Crippen LogP contribution is 2.28. The topological polar surface area (TPSA) is 138 Å². The van der Waals surface area contributed by atoms with E-state index in [4.69, 9.17) is 4.74 Å². The van der Waals surface area contributed by atoms with Crippen LogP contribution in [0.1, 0.15) is 73.1 Å². The summed E-state index contributed by atoms with van der Waals surface area (Å²) in [5, 5.41) is 11.0. The van der Waals surface area contributed by atoms with Crippen molar-refractivity contribution in [3.05, 3.63) is 0 Å². The van der Waals surface area contributed by atoms with Gasteiger partial charge in [-0.05, 0) is 59.8 Å². The summed E-state index contributed by atoms with van der Waals surface area (Å²) < 4.78 is 19.9. The lowest BCUT2D eigenvalue weighted by atomic mass is 9.85. The predicted molar refractivity (Wildman–Crippen MR) is 134 cm³/mol. The Morgan fingerprint density at radius 1 is 1.08 bits per heavy atom. The second-order valence-electron chi connectivity index (χ2n) is 11.3. The fourth-order valence-corrected chi connectivity index (χ4v) is 4.66. The van der Waals surface area contributed by atoms with Crippen molar-refractivity contribution in [3.63, 3.8) is 0 Å². The third-order valence-electron chi connectivity index (χ3n) is 6.26. The van der Waals surface area contributed by atoms with Gasteiger partial charge >= 0.3 is 6.09 Å². The Labute approximate surface area is 213 Å². The molecule has 2 heterocycles. The Bertz CT molecular complexity index is 836. The number of ether oxygens (including phenoxy) is 1. The molecule has 204 valence electrons. The number of alkyl carbamates (subject to hydrolysis) is 1. The molecule has 0 bridgehead atoms. The molecule has 0 aromatic carbocycles. The number of rotatable bonds is 4. The number of carbonyl (C=O) groups excluding carboxylic acids is 4. The average Bonchev–Trinajstić information content (AvgIpc) is 3.06. The minimum absolute atomic E-state index is 0.0601. The number of aliphatic imine (C=N–C) groups is 1. The molecule has 4 amide bonds. The summed E-state index contributed by atoms with van der Waals surface area (Å²) in [5.74, 6) is -1.44. The van der Waals surface area contributed by atoms with Gasteiger partial charge in [0, 0.05) is 32.1 Å². The van der Waals surface area contributed by atoms with E-state index in [-0.39, 0.29) is 24.2 Å². The summed E-state index contributed by atoms with van der Waals surface area (Å²) in [4.78, 5) is 55.4. The van der Waals surface area contributed by atoms with Gasteiger partial charge in [-0.15, -0.1) is 0 Å². The Hall–Kier alpha value is -2.72. The molecular formula is C25H42FN5O5. The van der Waals surface area contributed by atoms with Crippen molar-refractivity contribution in [2.75, 3.05) is 13.6 Å². The zero-order chi connectivity index (χ0) is 27.1. The van der Waals surface area contributed by atoms with Crippen molar-refractivity contribution in [3.8, 4) is 0 Å². The fourth-order valence-electron chi connectivity index (χ4n) is 4.66. The summed E-state index contributed by atoms with van der Waals surface area (Å²) in [7, 11) is 1.57. The molecule has 0 spiro atoms. The number of nitrogens with one attached hydrogen (secondary N) is 4. The standard InChI is InChI=1S/C25H42FN5O5/c1-24(2,3)36-23(35)31-18-10-8-7-9-15-13-28-20(32)17(15)11-16(14-27-6)29-22(34)19(30-21(18)33)12-25(4,5)26/h14-19H,7-13H2,1-6H3,(H,28,32)(H,29,34)(H,30,33)(H,31,35)/t15-,16-,17-,18-,19-/m0/s1. The quantitative estimate of drug-likeness (QED) is 0.428. The van der Waals surface area contributed by atoms with Crippen molar-refractivity contribution in [2.45, 2.75) is 103 Å². The van der Waals surface area contributed by atoms with Gasteiger partial charge in [0.15, 0.2) is 0 Å². The van der Waals surface area contributed by atoms with Gasteiger partial charge in [0.2, 0.25) is 17.7 Å². The van der Waals surface area contributed by atoms with E-state index in [0.29, 0.717) is 25.8 Å². The van der Waals surface area contributed by atoms with E-state index in [1.54, 1.807) is 34.0 Å². The maximum Gasteiger partial charge on any atom is 0.408 e. The van der Waals surface area contributed by atoms with Gasteiger partial charge in [0.1, 0.15) is 23.4 Å². The second-order valence-corrected chi connectivity index (χ2v) is 11.3. The first-order valence-electron chi connectivity index (χ1n) is 12.7. The summed E-state index contributed by atoms with van der Waals surface area (Å²) in [6.45, 7) is 8.35. The number of carbonyl (C=O) groups is 4. The van der Waals surface area contributed by atoms with E-state index < -0.39 is 47.3 Å². The Balaban J connectivity index is 2.32. The molecule has 11 heteroatoms. The van der Waals surface area contributed by atoms with Crippen LogP contribution in [-0.4, -0.2) is 73.0 Å². The van der Waals surface area contributed by atoms with E-state index in [0.717, 1.165) is 12.8 Å². The molecule has 0 saturated carbocycles. The molecule has 0 aromatic heterocycles. The molecule has 10 nitrogen and oxygen atoms in total. The Morgan fingerprint density at radius 2 is 1.75 bits per heavy atom. The van der Waals surface area contributed by atoms with E-state index in [9.17, 15) is 23.6 Å². The summed E-state index contributed by atoms with van der Waals surface area (Å²) in [5.41, 5.74) is -2.50. The number of alkyl halides is 1. The van der Waals surface area contributed by atoms with Gasteiger partial charge < -0.3 is 26.0 Å². The van der Waals surface area contributed by atoms with Crippen LogP contribution in [-0.2, 0) is 19.1 Å². The first kappa shape index (κ1) is 29.5. The van der Waals surface area contributed by atoms with Crippen LogP contribution in [0.15, 0.2) is 4.99 Å². The van der Waals surface area contributed by atoms with Crippen LogP contribution in [0, 0.1) is 11.8 Å². The maximum absolute atomic E-state index is 14.6. The highest BCUT2D eigenvalue weighted by molar-refractivity contribution is 5.92. The lowest BCUT2D eigenvalue weighted by Gasteiger charge is -2.29. The molecule has 0 radical (unpaired) electrons. The van der Waals surface area contributed by atoms with Crippen LogP contribution in [0.25, 0.3) is 0 Å². The van der Waals surface area contributed by atoms with Crippen molar-refractivity contribution in [1.29, 1.82) is 0 Å². The SMILES string of the molecule is CN=C[C@@H]1C[C@@H]2C(=O)NC[C@@H]2CCCC[C@H](NC(=O)OC(C)(C)C)C(=O)N[C@@H](CC(C)(C)F)C(=O)N1. The molecule has 2 rings (SSSR count). The molecular weight excluding hydrogens is 469 g/mol. The molecule has 36 heavy (non-hydrogen) atoms. The lowest BCUT2D eigenvalue weighted by molar-refractivity contribution is -0.131. The number of fused-ring (bicyclic) bond motifs is 1. The van der Waals surface area contributed by atoms with Crippen LogP contribution < -0.4 is 21.3 Å². The van der Waals surface area contributed by atoms with Gasteiger partial charge in [-0.25, -0.2) is 9.18 Å². The van der Waals surface area contributed by atoms with Crippen LogP contribution in [0.2, 0.25) is 0 Å². The first-order chi connectivity index (χ1) is 16.7. The first-order valence-corrected chi connectivity index (χ1v) is 12.7. The number of amides is 4. The number of halogens is 1. The Morgan fingerprint density at radius 3 is 2.36 bits per heavy atom. The van der Waals surface area contributed by atoms with E-state index >= 15 is 0 Å². The van der Waals surface area contributed by atoms with Gasteiger partial charge in [-0.2, -0.15) is 0 Å². The van der Waals surface area contributed by atoms with Gasteiger partial charge in [0.05, 0.1) is 6.04 Å². The third kappa shape index (κ3) is 9.73. The zero-order valence-corrected chi connectivity index (χ0v) is 22.3. The van der Waals surface area contributed by atoms with Crippen molar-refractivity contribution in [2.24, 2.45) is 16.8 Å². The van der Waals surface area contributed by atoms with E-state index in [1.807, 2.05) is 0 Å². The summed E-state index contributed by atoms with van der Waals surface area (Å²) in [6, 6.07) is -2.71. The van der Waals surface area contributed by atoms with Gasteiger partial charge in [-0.3, -0.25) is 19.4 Å². The fraction of sp³-hybridized carbons (Fsp3) is 0.800. The molecule has 2 saturated heterocycles. The van der Waals surface area contributed by atoms with Crippen molar-refractivity contribution >= 4 is 30.0 Å². The van der Waals surface area contributed by atoms with Gasteiger partial charge in [0.25, 0.3) is 0 Å². The molecule has 2 aliphatic heterocycles. The second kappa shape index (κ2) is 12.5. The monoisotopic (exact) mass is 511 g/mol. The number of nitrogens with zero attached hydrogens (tertiary/aromatic N) is 1. The normalized spacial score (nSPS) is 29.0.